The summed E-state index contributed by atoms with van der Waals surface area (Å²) in [6.45, 7) is 11.5. The summed E-state index contributed by atoms with van der Waals surface area (Å²) >= 11 is 0. The molecular weight excluding hydrogens is 278 g/mol. The van der Waals surface area contributed by atoms with E-state index in [1.165, 1.54) is 0 Å². The van der Waals surface area contributed by atoms with Crippen molar-refractivity contribution in [3.63, 3.8) is 0 Å². The number of nitrogens with two attached hydrogens (primary N) is 1. The number of anilines is 2. The van der Waals surface area contributed by atoms with Crippen molar-refractivity contribution in [3.8, 4) is 0 Å². The maximum absolute atomic E-state index is 5.97. The second-order valence-electron chi connectivity index (χ2n) is 6.11. The smallest absolute Gasteiger partial charge is 0.137 e. The average Bonchev–Trinajstić information content (AvgIpc) is 2.49. The Kier molecular flexibility index (Phi) is 5.97. The second kappa shape index (κ2) is 7.74. The predicted molar refractivity (Wildman–Crippen MR) is 90.5 cm³/mol. The summed E-state index contributed by atoms with van der Waals surface area (Å²) in [5, 5.41) is 3.57. The molecule has 2 rings (SSSR count). The summed E-state index contributed by atoms with van der Waals surface area (Å²) in [5.74, 6) is 2.72. The van der Waals surface area contributed by atoms with Crippen molar-refractivity contribution in [3.05, 3.63) is 11.4 Å². The number of likely N-dealkylation sites (N-methyl/N-ethyl adjacent to an activating group) is 1. The number of aryl methyl sites for hydroxylation is 1. The molecule has 1 fully saturated rings. The molecule has 3 N–H and O–H groups in total. The lowest BCUT2D eigenvalue weighted by Gasteiger charge is -2.28. The summed E-state index contributed by atoms with van der Waals surface area (Å²) in [6, 6.07) is 0.541. The van der Waals surface area contributed by atoms with Gasteiger partial charge in [0.2, 0.25) is 0 Å². The van der Waals surface area contributed by atoms with Crippen LogP contribution in [0.1, 0.15) is 38.1 Å². The van der Waals surface area contributed by atoms with Crippen molar-refractivity contribution in [2.45, 2.75) is 52.6 Å². The van der Waals surface area contributed by atoms with E-state index < -0.39 is 0 Å². The van der Waals surface area contributed by atoms with Gasteiger partial charge in [0.1, 0.15) is 17.5 Å². The van der Waals surface area contributed by atoms with Crippen LogP contribution < -0.4 is 16.0 Å². The summed E-state index contributed by atoms with van der Waals surface area (Å²) in [5.41, 5.74) is 7.06. The molecular formula is C16H29N5O. The van der Waals surface area contributed by atoms with Crippen LogP contribution in [-0.2, 0) is 4.74 Å². The molecule has 1 atom stereocenters. The van der Waals surface area contributed by atoms with Gasteiger partial charge in [0.25, 0.3) is 0 Å². The number of nitrogens with one attached hydrogen (secondary N) is 1. The van der Waals surface area contributed by atoms with Crippen LogP contribution in [0.3, 0.4) is 0 Å². The molecule has 0 spiro atoms. The van der Waals surface area contributed by atoms with Crippen LogP contribution in [0.25, 0.3) is 0 Å². The molecule has 6 heteroatoms. The van der Waals surface area contributed by atoms with E-state index in [4.69, 9.17) is 10.5 Å². The maximum atomic E-state index is 5.97. The number of hydrogen-bond donors (Lipinski definition) is 2. The van der Waals surface area contributed by atoms with Crippen molar-refractivity contribution >= 4 is 11.6 Å². The van der Waals surface area contributed by atoms with Crippen LogP contribution in [0.5, 0.6) is 0 Å². The third-order valence-electron chi connectivity index (χ3n) is 3.98. The van der Waals surface area contributed by atoms with Crippen LogP contribution in [0.15, 0.2) is 0 Å². The van der Waals surface area contributed by atoms with E-state index in [0.717, 1.165) is 62.2 Å². The first kappa shape index (κ1) is 17.0. The highest BCUT2D eigenvalue weighted by molar-refractivity contribution is 5.59. The van der Waals surface area contributed by atoms with Gasteiger partial charge in [-0.2, -0.15) is 0 Å². The molecule has 0 aromatic carbocycles. The molecule has 1 aromatic rings. The van der Waals surface area contributed by atoms with E-state index in [1.807, 2.05) is 13.8 Å². The fraction of sp³-hybridized carbons (Fsp3) is 0.750. The summed E-state index contributed by atoms with van der Waals surface area (Å²) in [4.78, 5) is 11.5. The molecule has 1 saturated heterocycles. The molecule has 0 saturated carbocycles. The van der Waals surface area contributed by atoms with Crippen LogP contribution in [0.2, 0.25) is 0 Å². The van der Waals surface area contributed by atoms with Crippen molar-refractivity contribution in [2.75, 3.05) is 36.5 Å². The van der Waals surface area contributed by atoms with E-state index >= 15 is 0 Å². The molecule has 0 bridgehead atoms. The third kappa shape index (κ3) is 4.30. The first-order valence-electron chi connectivity index (χ1n) is 8.21. The van der Waals surface area contributed by atoms with Crippen LogP contribution in [0, 0.1) is 13.8 Å². The lowest BCUT2D eigenvalue weighted by atomic mass is 10.1. The van der Waals surface area contributed by atoms with Crippen LogP contribution >= 0.6 is 0 Å². The molecule has 6 nitrogen and oxygen atoms in total. The maximum Gasteiger partial charge on any atom is 0.137 e. The molecule has 0 aliphatic carbocycles. The lowest BCUT2D eigenvalue weighted by Crippen LogP contribution is -2.37. The Morgan fingerprint density at radius 1 is 1.32 bits per heavy atom. The zero-order chi connectivity index (χ0) is 16.1. The average molecular weight is 307 g/mol. The number of aromatic nitrogens is 2. The van der Waals surface area contributed by atoms with E-state index in [1.54, 1.807) is 0 Å². The topological polar surface area (TPSA) is 76.3 Å². The van der Waals surface area contributed by atoms with Crippen molar-refractivity contribution in [1.82, 2.24) is 9.97 Å². The summed E-state index contributed by atoms with van der Waals surface area (Å²) in [6.07, 6.45) is 2.05. The van der Waals surface area contributed by atoms with Gasteiger partial charge in [0, 0.05) is 44.0 Å². The normalized spacial score (nSPS) is 17.3. The third-order valence-corrected chi connectivity index (χ3v) is 3.98. The Morgan fingerprint density at radius 2 is 2.00 bits per heavy atom. The highest BCUT2D eigenvalue weighted by Crippen LogP contribution is 2.25. The molecule has 1 unspecified atom stereocenters. The predicted octanol–water partition coefficient (Wildman–Crippen LogP) is 1.86. The fourth-order valence-electron chi connectivity index (χ4n) is 2.81. The molecule has 1 aliphatic heterocycles. The van der Waals surface area contributed by atoms with Gasteiger partial charge in [-0.05, 0) is 40.5 Å². The minimum atomic E-state index is 0.113. The summed E-state index contributed by atoms with van der Waals surface area (Å²) < 4.78 is 5.42. The van der Waals surface area contributed by atoms with Gasteiger partial charge in [-0.15, -0.1) is 0 Å². The number of hydrogen-bond acceptors (Lipinski definition) is 6. The van der Waals surface area contributed by atoms with Crippen molar-refractivity contribution in [2.24, 2.45) is 5.73 Å². The lowest BCUT2D eigenvalue weighted by molar-refractivity contribution is 0.0903. The van der Waals surface area contributed by atoms with E-state index in [0.29, 0.717) is 6.04 Å². The minimum absolute atomic E-state index is 0.113. The van der Waals surface area contributed by atoms with Gasteiger partial charge in [-0.3, -0.25) is 0 Å². The molecule has 1 aliphatic rings. The van der Waals surface area contributed by atoms with Gasteiger partial charge in [-0.1, -0.05) is 0 Å². The van der Waals surface area contributed by atoms with Gasteiger partial charge < -0.3 is 20.7 Å². The zero-order valence-corrected chi connectivity index (χ0v) is 14.2. The largest absolute Gasteiger partial charge is 0.381 e. The Bertz CT molecular complexity index is 486. The quantitative estimate of drug-likeness (QED) is 0.835. The van der Waals surface area contributed by atoms with E-state index in [-0.39, 0.29) is 6.04 Å². The Hall–Kier alpha value is -1.40. The Morgan fingerprint density at radius 3 is 2.59 bits per heavy atom. The highest BCUT2D eigenvalue weighted by atomic mass is 16.5. The standard InChI is InChI=1S/C16H29N5O/c1-5-21(10-11(2)17)16-12(3)15(18-13(4)19-16)20-14-6-8-22-9-7-14/h11,14H,5-10,17H2,1-4H3,(H,18,19,20). The summed E-state index contributed by atoms with van der Waals surface area (Å²) in [7, 11) is 0. The van der Waals surface area contributed by atoms with Crippen LogP contribution in [-0.4, -0.2) is 48.4 Å². The zero-order valence-electron chi connectivity index (χ0n) is 14.2. The number of rotatable bonds is 6. The van der Waals surface area contributed by atoms with Gasteiger partial charge in [0.15, 0.2) is 0 Å². The van der Waals surface area contributed by atoms with E-state index in [2.05, 4.69) is 34.0 Å². The number of nitrogens with zero attached hydrogens (tertiary/aromatic N) is 3. The first-order chi connectivity index (χ1) is 10.5. The van der Waals surface area contributed by atoms with Crippen molar-refractivity contribution < 1.29 is 4.74 Å². The van der Waals surface area contributed by atoms with Gasteiger partial charge in [0.05, 0.1) is 0 Å². The number of ether oxygens (including phenoxy) is 1. The molecule has 22 heavy (non-hydrogen) atoms. The Labute approximate surface area is 133 Å². The Balaban J connectivity index is 2.23. The first-order valence-corrected chi connectivity index (χ1v) is 8.21. The molecule has 0 radical (unpaired) electrons. The molecule has 124 valence electrons. The molecule has 2 heterocycles. The second-order valence-corrected chi connectivity index (χ2v) is 6.11. The minimum Gasteiger partial charge on any atom is -0.381 e. The highest BCUT2D eigenvalue weighted by Gasteiger charge is 2.19. The monoisotopic (exact) mass is 307 g/mol. The van der Waals surface area contributed by atoms with E-state index in [9.17, 15) is 0 Å². The molecule has 1 aromatic heterocycles. The van der Waals surface area contributed by atoms with Crippen molar-refractivity contribution in [1.29, 1.82) is 0 Å². The SMILES string of the molecule is CCN(CC(C)N)c1nc(C)nc(NC2CCOCC2)c1C. The van der Waals surface area contributed by atoms with Crippen LogP contribution in [0.4, 0.5) is 11.6 Å². The van der Waals surface area contributed by atoms with Gasteiger partial charge >= 0.3 is 0 Å². The fourth-order valence-corrected chi connectivity index (χ4v) is 2.81. The molecule has 0 amide bonds. The van der Waals surface area contributed by atoms with Gasteiger partial charge in [-0.25, -0.2) is 9.97 Å².